The maximum atomic E-state index is 6.11. The minimum absolute atomic E-state index is 0.0867. The Morgan fingerprint density at radius 3 is 2.69 bits per heavy atom. The number of hydrogen-bond donors (Lipinski definition) is 1. The second kappa shape index (κ2) is 2.89. The Balaban J connectivity index is 2.38. The summed E-state index contributed by atoms with van der Waals surface area (Å²) in [4.78, 5) is 0. The summed E-state index contributed by atoms with van der Waals surface area (Å²) in [7, 11) is 1.64. The van der Waals surface area contributed by atoms with Gasteiger partial charge in [-0.2, -0.15) is 0 Å². The highest BCUT2D eigenvalue weighted by Crippen LogP contribution is 2.36. The van der Waals surface area contributed by atoms with E-state index in [9.17, 15) is 0 Å². The first-order valence-corrected chi connectivity index (χ1v) is 4.62. The van der Waals surface area contributed by atoms with Crippen molar-refractivity contribution < 1.29 is 4.74 Å². The van der Waals surface area contributed by atoms with Crippen molar-refractivity contribution in [3.05, 3.63) is 28.8 Å². The lowest BCUT2D eigenvalue weighted by molar-refractivity contribution is 0.414. The van der Waals surface area contributed by atoms with E-state index in [0.29, 0.717) is 0 Å². The number of ether oxygens (including phenoxy) is 1. The molecule has 1 N–H and O–H groups in total. The van der Waals surface area contributed by atoms with E-state index < -0.39 is 0 Å². The molecule has 1 aliphatic rings. The van der Waals surface area contributed by atoms with Crippen LogP contribution >= 0.6 is 11.6 Å². The fraction of sp³-hybridized carbons (Fsp3) is 0.400. The Morgan fingerprint density at radius 2 is 2.23 bits per heavy atom. The Labute approximate surface area is 82.9 Å². The van der Waals surface area contributed by atoms with Gasteiger partial charge in [-0.15, -0.1) is 0 Å². The molecular formula is C10H12ClNO. The average Bonchev–Trinajstić information content (AvgIpc) is 2.84. The molecule has 0 bridgehead atoms. The van der Waals surface area contributed by atoms with Gasteiger partial charge < -0.3 is 10.1 Å². The molecule has 1 saturated heterocycles. The van der Waals surface area contributed by atoms with Gasteiger partial charge in [-0.05, 0) is 24.6 Å². The predicted octanol–water partition coefficient (Wildman–Crippen LogP) is 2.17. The molecule has 1 unspecified atom stereocenters. The third kappa shape index (κ3) is 1.52. The summed E-state index contributed by atoms with van der Waals surface area (Å²) < 4.78 is 5.08. The van der Waals surface area contributed by atoms with Crippen LogP contribution < -0.4 is 10.1 Å². The molecule has 2 rings (SSSR count). The second-order valence-corrected chi connectivity index (χ2v) is 3.94. The molecule has 0 aromatic heterocycles. The topological polar surface area (TPSA) is 31.2 Å². The predicted molar refractivity (Wildman–Crippen MR) is 53.4 cm³/mol. The summed E-state index contributed by atoms with van der Waals surface area (Å²) in [5.74, 6) is 0.804. The van der Waals surface area contributed by atoms with Gasteiger partial charge in [-0.1, -0.05) is 17.7 Å². The van der Waals surface area contributed by atoms with Crippen molar-refractivity contribution >= 4 is 11.6 Å². The molecule has 1 aromatic rings. The Bertz CT molecular complexity index is 334. The molecule has 70 valence electrons. The van der Waals surface area contributed by atoms with Gasteiger partial charge in [0.05, 0.1) is 12.6 Å². The van der Waals surface area contributed by atoms with Crippen LogP contribution in [-0.4, -0.2) is 13.7 Å². The standard InChI is InChI=1S/C10H12ClNO/c1-10(6-12-10)8-4-3-7(13-2)5-9(8)11/h3-5,12H,6H2,1-2H3. The molecular weight excluding hydrogens is 186 g/mol. The third-order valence-electron chi connectivity index (χ3n) is 2.48. The summed E-state index contributed by atoms with van der Waals surface area (Å²) in [6, 6.07) is 5.80. The average molecular weight is 198 g/mol. The lowest BCUT2D eigenvalue weighted by Crippen LogP contribution is -2.07. The molecule has 2 nitrogen and oxygen atoms in total. The maximum absolute atomic E-state index is 6.11. The molecule has 1 fully saturated rings. The molecule has 0 amide bonds. The van der Waals surface area contributed by atoms with Crippen molar-refractivity contribution in [3.63, 3.8) is 0 Å². The Kier molecular flexibility index (Phi) is 1.97. The first-order chi connectivity index (χ1) is 6.15. The largest absolute Gasteiger partial charge is 0.497 e. The number of hydrogen-bond acceptors (Lipinski definition) is 2. The Hall–Kier alpha value is -0.730. The summed E-state index contributed by atoms with van der Waals surface area (Å²) in [6.45, 7) is 3.14. The second-order valence-electron chi connectivity index (χ2n) is 3.53. The van der Waals surface area contributed by atoms with E-state index in [4.69, 9.17) is 16.3 Å². The zero-order valence-corrected chi connectivity index (χ0v) is 8.48. The van der Waals surface area contributed by atoms with Crippen LogP contribution in [0.5, 0.6) is 5.75 Å². The highest BCUT2D eigenvalue weighted by Gasteiger charge is 2.39. The van der Waals surface area contributed by atoms with Gasteiger partial charge in [0.25, 0.3) is 0 Å². The number of methoxy groups -OCH3 is 1. The Morgan fingerprint density at radius 1 is 1.54 bits per heavy atom. The van der Waals surface area contributed by atoms with Crippen LogP contribution in [0.1, 0.15) is 12.5 Å². The SMILES string of the molecule is COc1ccc(C2(C)CN2)c(Cl)c1. The van der Waals surface area contributed by atoms with E-state index in [1.807, 2.05) is 18.2 Å². The van der Waals surface area contributed by atoms with Crippen molar-refractivity contribution in [1.29, 1.82) is 0 Å². The minimum atomic E-state index is 0.0867. The fourth-order valence-corrected chi connectivity index (χ4v) is 1.77. The number of benzene rings is 1. The van der Waals surface area contributed by atoms with E-state index in [2.05, 4.69) is 12.2 Å². The molecule has 1 atom stereocenters. The van der Waals surface area contributed by atoms with Crippen molar-refractivity contribution in [3.8, 4) is 5.75 Å². The summed E-state index contributed by atoms with van der Waals surface area (Å²) >= 11 is 6.11. The van der Waals surface area contributed by atoms with Gasteiger partial charge in [0.2, 0.25) is 0 Å². The van der Waals surface area contributed by atoms with E-state index in [-0.39, 0.29) is 5.54 Å². The zero-order valence-electron chi connectivity index (χ0n) is 7.73. The molecule has 1 aliphatic heterocycles. The minimum Gasteiger partial charge on any atom is -0.497 e. The van der Waals surface area contributed by atoms with Gasteiger partial charge in [0.15, 0.2) is 0 Å². The fourth-order valence-electron chi connectivity index (χ4n) is 1.39. The van der Waals surface area contributed by atoms with E-state index in [1.165, 1.54) is 0 Å². The monoisotopic (exact) mass is 197 g/mol. The molecule has 13 heavy (non-hydrogen) atoms. The first kappa shape index (κ1) is 8.85. The summed E-state index contributed by atoms with van der Waals surface area (Å²) in [5.41, 5.74) is 1.23. The summed E-state index contributed by atoms with van der Waals surface area (Å²) in [6.07, 6.45) is 0. The van der Waals surface area contributed by atoms with E-state index in [0.717, 1.165) is 22.9 Å². The van der Waals surface area contributed by atoms with Crippen LogP contribution in [0.4, 0.5) is 0 Å². The summed E-state index contributed by atoms with van der Waals surface area (Å²) in [5, 5.41) is 4.05. The molecule has 0 spiro atoms. The van der Waals surface area contributed by atoms with Crippen LogP contribution in [-0.2, 0) is 5.54 Å². The number of halogens is 1. The van der Waals surface area contributed by atoms with Crippen molar-refractivity contribution in [1.82, 2.24) is 5.32 Å². The number of nitrogens with one attached hydrogen (secondary N) is 1. The smallest absolute Gasteiger partial charge is 0.120 e. The van der Waals surface area contributed by atoms with Crippen LogP contribution in [0, 0.1) is 0 Å². The van der Waals surface area contributed by atoms with E-state index >= 15 is 0 Å². The molecule has 0 aliphatic carbocycles. The quantitative estimate of drug-likeness (QED) is 0.737. The van der Waals surface area contributed by atoms with Crippen LogP contribution in [0.25, 0.3) is 0 Å². The van der Waals surface area contributed by atoms with Gasteiger partial charge in [-0.3, -0.25) is 0 Å². The third-order valence-corrected chi connectivity index (χ3v) is 2.79. The van der Waals surface area contributed by atoms with Gasteiger partial charge in [0.1, 0.15) is 5.75 Å². The van der Waals surface area contributed by atoms with Gasteiger partial charge >= 0.3 is 0 Å². The number of rotatable bonds is 2. The van der Waals surface area contributed by atoms with Crippen molar-refractivity contribution in [2.24, 2.45) is 0 Å². The lowest BCUT2D eigenvalue weighted by atomic mass is 10.0. The highest BCUT2D eigenvalue weighted by molar-refractivity contribution is 6.31. The molecule has 3 heteroatoms. The van der Waals surface area contributed by atoms with Crippen molar-refractivity contribution in [2.45, 2.75) is 12.5 Å². The van der Waals surface area contributed by atoms with Crippen LogP contribution in [0.2, 0.25) is 5.02 Å². The molecule has 0 saturated carbocycles. The van der Waals surface area contributed by atoms with Gasteiger partial charge in [0, 0.05) is 11.6 Å². The highest BCUT2D eigenvalue weighted by atomic mass is 35.5. The lowest BCUT2D eigenvalue weighted by Gasteiger charge is -2.10. The maximum Gasteiger partial charge on any atom is 0.120 e. The molecule has 1 heterocycles. The zero-order chi connectivity index (χ0) is 9.47. The van der Waals surface area contributed by atoms with Gasteiger partial charge in [-0.25, -0.2) is 0 Å². The van der Waals surface area contributed by atoms with Crippen LogP contribution in [0.15, 0.2) is 18.2 Å². The van der Waals surface area contributed by atoms with Crippen molar-refractivity contribution in [2.75, 3.05) is 13.7 Å². The first-order valence-electron chi connectivity index (χ1n) is 4.25. The molecule has 0 radical (unpaired) electrons. The van der Waals surface area contributed by atoms with Crippen LogP contribution in [0.3, 0.4) is 0 Å². The molecule has 1 aromatic carbocycles. The van der Waals surface area contributed by atoms with E-state index in [1.54, 1.807) is 7.11 Å². The normalized spacial score (nSPS) is 25.8.